The summed E-state index contributed by atoms with van der Waals surface area (Å²) in [6.45, 7) is 0. The van der Waals surface area contributed by atoms with Gasteiger partial charge in [-0.25, -0.2) is 13.6 Å². The van der Waals surface area contributed by atoms with E-state index in [0.29, 0.717) is 0 Å². The van der Waals surface area contributed by atoms with Crippen molar-refractivity contribution < 1.29 is 53.0 Å². The average Bonchev–Trinajstić information content (AvgIpc) is 2.05. The molecule has 0 radical (unpaired) electrons. The Morgan fingerprint density at radius 1 is 1.62 bits per heavy atom. The van der Waals surface area contributed by atoms with Crippen LogP contribution in [0.3, 0.4) is 0 Å². The first-order valence-corrected chi connectivity index (χ1v) is 2.72. The van der Waals surface area contributed by atoms with Crippen LogP contribution in [0.5, 0.6) is 0 Å². The van der Waals surface area contributed by atoms with Crippen molar-refractivity contribution in [1.82, 2.24) is 0 Å². The molecule has 0 rings (SSSR count). The molecule has 0 aromatic heterocycles. The minimum atomic E-state index is -3.36. The standard InChI is InChI=1S/C6H5F2NO3.Na/c1-12-6(11)3(2-9)4(10)5(7)8;/h5,10H,1H3;/q;+1/p-1/b4-3-;. The molecule has 0 aromatic carbocycles. The van der Waals surface area contributed by atoms with E-state index in [1.165, 1.54) is 0 Å². The zero-order valence-corrected chi connectivity index (χ0v) is 9.01. The average molecular weight is 199 g/mol. The molecule has 0 saturated carbocycles. The van der Waals surface area contributed by atoms with Gasteiger partial charge in [-0.3, -0.25) is 0 Å². The Hall–Kier alpha value is -0.640. The SMILES string of the molecule is COC(=O)/C(C#N)=C(\[O-])C(F)F.[Na+]. The van der Waals surface area contributed by atoms with Crippen LogP contribution in [-0.2, 0) is 9.53 Å². The topological polar surface area (TPSA) is 73.2 Å². The second-order valence-corrected chi connectivity index (χ2v) is 1.64. The van der Waals surface area contributed by atoms with Gasteiger partial charge in [0.25, 0.3) is 6.43 Å². The van der Waals surface area contributed by atoms with Gasteiger partial charge >= 0.3 is 35.5 Å². The van der Waals surface area contributed by atoms with Gasteiger partial charge in [0.1, 0.15) is 11.6 Å². The number of hydrogen-bond donors (Lipinski definition) is 0. The van der Waals surface area contributed by atoms with Gasteiger partial charge in [0.2, 0.25) is 0 Å². The van der Waals surface area contributed by atoms with Crippen LogP contribution in [0.4, 0.5) is 8.78 Å². The number of carbonyl (C=O) groups is 1. The molecule has 0 aliphatic carbocycles. The summed E-state index contributed by atoms with van der Waals surface area (Å²) >= 11 is 0. The number of nitriles is 1. The molecule has 0 spiro atoms. The first-order valence-electron chi connectivity index (χ1n) is 2.72. The van der Waals surface area contributed by atoms with Crippen LogP contribution in [0.1, 0.15) is 0 Å². The molecular weight excluding hydrogens is 195 g/mol. The molecule has 0 bridgehead atoms. The minimum Gasteiger partial charge on any atom is -0.871 e. The maximum absolute atomic E-state index is 11.6. The molecule has 0 heterocycles. The van der Waals surface area contributed by atoms with E-state index in [0.717, 1.165) is 13.2 Å². The molecule has 0 unspecified atom stereocenters. The van der Waals surface area contributed by atoms with E-state index in [9.17, 15) is 18.7 Å². The van der Waals surface area contributed by atoms with Crippen molar-refractivity contribution in [2.24, 2.45) is 0 Å². The Morgan fingerprint density at radius 3 is 2.31 bits per heavy atom. The van der Waals surface area contributed by atoms with Crippen molar-refractivity contribution in [1.29, 1.82) is 5.26 Å². The Kier molecular flexibility index (Phi) is 7.81. The molecule has 0 N–H and O–H groups in total. The zero-order chi connectivity index (χ0) is 9.72. The Morgan fingerprint density at radius 2 is 2.08 bits per heavy atom. The first kappa shape index (κ1) is 14.9. The van der Waals surface area contributed by atoms with E-state index in [4.69, 9.17) is 5.26 Å². The summed E-state index contributed by atoms with van der Waals surface area (Å²) in [7, 11) is 0.887. The predicted molar refractivity (Wildman–Crippen MR) is 30.7 cm³/mol. The molecule has 4 nitrogen and oxygen atoms in total. The van der Waals surface area contributed by atoms with Gasteiger partial charge in [-0.2, -0.15) is 5.26 Å². The Bertz CT molecular complexity index is 259. The van der Waals surface area contributed by atoms with Gasteiger partial charge in [-0.15, -0.1) is 0 Å². The fraction of sp³-hybridized carbons (Fsp3) is 0.333. The summed E-state index contributed by atoms with van der Waals surface area (Å²) in [5, 5.41) is 18.5. The third-order valence-corrected chi connectivity index (χ3v) is 0.946. The summed E-state index contributed by atoms with van der Waals surface area (Å²) in [6, 6.07) is 1.05. The van der Waals surface area contributed by atoms with E-state index in [1.807, 2.05) is 0 Å². The molecule has 0 saturated heterocycles. The Balaban J connectivity index is 0. The number of esters is 1. The number of allylic oxidation sites excluding steroid dienone is 1. The zero-order valence-electron chi connectivity index (χ0n) is 7.01. The van der Waals surface area contributed by atoms with Gasteiger partial charge in [0, 0.05) is 0 Å². The van der Waals surface area contributed by atoms with Gasteiger partial charge in [-0.1, -0.05) is 0 Å². The van der Waals surface area contributed by atoms with Crippen molar-refractivity contribution in [3.63, 3.8) is 0 Å². The maximum Gasteiger partial charge on any atom is 1.00 e. The molecule has 0 atom stereocenters. The second-order valence-electron chi connectivity index (χ2n) is 1.64. The number of hydrogen-bond acceptors (Lipinski definition) is 4. The summed E-state index contributed by atoms with van der Waals surface area (Å²) in [5.41, 5.74) is -1.19. The molecular formula is C6H4F2NNaO3. The van der Waals surface area contributed by atoms with Crippen molar-refractivity contribution in [2.45, 2.75) is 6.43 Å². The number of alkyl halides is 2. The molecule has 0 fully saturated rings. The van der Waals surface area contributed by atoms with Crippen LogP contribution in [-0.4, -0.2) is 19.5 Å². The third kappa shape index (κ3) is 4.22. The van der Waals surface area contributed by atoms with E-state index < -0.39 is 23.7 Å². The molecule has 13 heavy (non-hydrogen) atoms. The van der Waals surface area contributed by atoms with Gasteiger partial charge in [-0.05, 0) is 5.76 Å². The van der Waals surface area contributed by atoms with Crippen LogP contribution in [0.25, 0.3) is 0 Å². The molecule has 66 valence electrons. The van der Waals surface area contributed by atoms with Crippen molar-refractivity contribution in [2.75, 3.05) is 7.11 Å². The predicted octanol–water partition coefficient (Wildman–Crippen LogP) is -3.43. The summed E-state index contributed by atoms with van der Waals surface area (Å²) in [6.07, 6.45) is -3.36. The number of ether oxygens (including phenoxy) is 1. The van der Waals surface area contributed by atoms with Crippen molar-refractivity contribution in [3.05, 3.63) is 11.3 Å². The number of methoxy groups -OCH3 is 1. The quantitative estimate of drug-likeness (QED) is 0.152. The first-order chi connectivity index (χ1) is 5.54. The summed E-state index contributed by atoms with van der Waals surface area (Å²) in [5.74, 6) is -3.16. The van der Waals surface area contributed by atoms with Crippen LogP contribution in [0, 0.1) is 11.3 Å². The van der Waals surface area contributed by atoms with Gasteiger partial charge < -0.3 is 9.84 Å². The molecule has 0 aromatic rings. The molecule has 0 aliphatic rings. The van der Waals surface area contributed by atoms with Crippen molar-refractivity contribution in [3.8, 4) is 6.07 Å². The smallest absolute Gasteiger partial charge is 0.871 e. The normalized spacial score (nSPS) is 11.0. The van der Waals surface area contributed by atoms with Gasteiger partial charge in [0.05, 0.1) is 7.11 Å². The number of carbonyl (C=O) groups excluding carboxylic acids is 1. The van der Waals surface area contributed by atoms with Crippen LogP contribution in [0.15, 0.2) is 11.3 Å². The van der Waals surface area contributed by atoms with Crippen LogP contribution >= 0.6 is 0 Å². The monoisotopic (exact) mass is 199 g/mol. The van der Waals surface area contributed by atoms with Crippen molar-refractivity contribution >= 4 is 5.97 Å². The maximum atomic E-state index is 11.6. The fourth-order valence-electron chi connectivity index (χ4n) is 0.413. The molecule has 0 aliphatic heterocycles. The number of halogens is 2. The fourth-order valence-corrected chi connectivity index (χ4v) is 0.413. The molecule has 7 heteroatoms. The van der Waals surface area contributed by atoms with Gasteiger partial charge in [0.15, 0.2) is 0 Å². The third-order valence-electron chi connectivity index (χ3n) is 0.946. The Labute approximate surface area is 95.1 Å². The summed E-state index contributed by atoms with van der Waals surface area (Å²) < 4.78 is 27.2. The van der Waals surface area contributed by atoms with E-state index in [1.54, 1.807) is 0 Å². The summed E-state index contributed by atoms with van der Waals surface area (Å²) in [4.78, 5) is 10.5. The van der Waals surface area contributed by atoms with Crippen LogP contribution in [0.2, 0.25) is 0 Å². The van der Waals surface area contributed by atoms with Crippen LogP contribution < -0.4 is 34.7 Å². The largest absolute Gasteiger partial charge is 1.00 e. The molecule has 0 amide bonds. The van der Waals surface area contributed by atoms with E-state index in [2.05, 4.69) is 4.74 Å². The van der Waals surface area contributed by atoms with E-state index in [-0.39, 0.29) is 29.6 Å². The second kappa shape index (κ2) is 6.83. The number of nitrogens with zero attached hydrogens (tertiary/aromatic N) is 1. The van der Waals surface area contributed by atoms with E-state index >= 15 is 0 Å². The number of rotatable bonds is 2. The minimum absolute atomic E-state index is 0.